The molecule has 0 radical (unpaired) electrons. The van der Waals surface area contributed by atoms with Crippen LogP contribution in [0.3, 0.4) is 0 Å². The number of aromatic nitrogens is 1. The number of aryl methyl sites for hydroxylation is 1. The van der Waals surface area contributed by atoms with Gasteiger partial charge in [-0.05, 0) is 36.8 Å². The Balaban J connectivity index is 2.02. The van der Waals surface area contributed by atoms with E-state index >= 15 is 0 Å². The second-order valence-electron chi connectivity index (χ2n) is 3.87. The fourth-order valence-electron chi connectivity index (χ4n) is 1.49. The molecule has 0 aliphatic carbocycles. The van der Waals surface area contributed by atoms with Crippen molar-refractivity contribution in [1.29, 1.82) is 5.26 Å². The van der Waals surface area contributed by atoms with Crippen LogP contribution in [0.25, 0.3) is 0 Å². The first-order valence-corrected chi connectivity index (χ1v) is 5.43. The first kappa shape index (κ1) is 11.2. The topological polar surface area (TPSA) is 48.7 Å². The SMILES string of the molecule is Cc1ccc(CNc2cccc(C#N)c2)nc1. The average Bonchev–Trinajstić information content (AvgIpc) is 2.38. The zero-order chi connectivity index (χ0) is 12.1. The lowest BCUT2D eigenvalue weighted by Crippen LogP contribution is -2.01. The van der Waals surface area contributed by atoms with E-state index in [4.69, 9.17) is 5.26 Å². The van der Waals surface area contributed by atoms with Gasteiger partial charge >= 0.3 is 0 Å². The van der Waals surface area contributed by atoms with Gasteiger partial charge in [0, 0.05) is 11.9 Å². The van der Waals surface area contributed by atoms with E-state index < -0.39 is 0 Å². The average molecular weight is 223 g/mol. The highest BCUT2D eigenvalue weighted by Crippen LogP contribution is 2.11. The van der Waals surface area contributed by atoms with Crippen molar-refractivity contribution < 1.29 is 0 Å². The molecule has 1 aromatic carbocycles. The van der Waals surface area contributed by atoms with Gasteiger partial charge in [-0.2, -0.15) is 5.26 Å². The molecule has 3 nitrogen and oxygen atoms in total. The molecular formula is C14H13N3. The molecular weight excluding hydrogens is 210 g/mol. The van der Waals surface area contributed by atoms with Crippen molar-refractivity contribution in [3.05, 3.63) is 59.4 Å². The molecule has 1 N–H and O–H groups in total. The first-order chi connectivity index (χ1) is 8.28. The maximum Gasteiger partial charge on any atom is 0.0992 e. The highest BCUT2D eigenvalue weighted by Gasteiger charge is 1.96. The van der Waals surface area contributed by atoms with E-state index in [9.17, 15) is 0 Å². The standard InChI is InChI=1S/C14H13N3/c1-11-5-6-14(16-9-11)10-17-13-4-2-3-12(7-13)8-15/h2-7,9,17H,10H2,1H3. The van der Waals surface area contributed by atoms with Crippen LogP contribution in [0.15, 0.2) is 42.6 Å². The molecule has 0 fully saturated rings. The Labute approximate surface area is 101 Å². The van der Waals surface area contributed by atoms with E-state index in [0.717, 1.165) is 16.9 Å². The Hall–Kier alpha value is -2.34. The summed E-state index contributed by atoms with van der Waals surface area (Å²) < 4.78 is 0. The van der Waals surface area contributed by atoms with Gasteiger partial charge in [-0.25, -0.2) is 0 Å². The number of hydrogen-bond donors (Lipinski definition) is 1. The third-order valence-corrected chi connectivity index (χ3v) is 2.44. The number of benzene rings is 1. The minimum atomic E-state index is 0.659. The van der Waals surface area contributed by atoms with Gasteiger partial charge in [-0.1, -0.05) is 12.1 Å². The lowest BCUT2D eigenvalue weighted by Gasteiger charge is -2.06. The molecule has 0 aliphatic rings. The predicted octanol–water partition coefficient (Wildman–Crippen LogP) is 2.87. The lowest BCUT2D eigenvalue weighted by molar-refractivity contribution is 1.04. The highest BCUT2D eigenvalue weighted by molar-refractivity contribution is 5.49. The molecule has 0 aliphatic heterocycles. The Morgan fingerprint density at radius 3 is 2.88 bits per heavy atom. The third-order valence-electron chi connectivity index (χ3n) is 2.44. The van der Waals surface area contributed by atoms with Crippen LogP contribution in [-0.2, 0) is 6.54 Å². The van der Waals surface area contributed by atoms with E-state index in [1.807, 2.05) is 43.5 Å². The van der Waals surface area contributed by atoms with Gasteiger partial charge in [0.2, 0.25) is 0 Å². The van der Waals surface area contributed by atoms with Crippen LogP contribution in [-0.4, -0.2) is 4.98 Å². The zero-order valence-corrected chi connectivity index (χ0v) is 9.64. The second-order valence-corrected chi connectivity index (χ2v) is 3.87. The van der Waals surface area contributed by atoms with Gasteiger partial charge in [-0.15, -0.1) is 0 Å². The Morgan fingerprint density at radius 2 is 2.18 bits per heavy atom. The smallest absolute Gasteiger partial charge is 0.0992 e. The largest absolute Gasteiger partial charge is 0.379 e. The molecule has 0 spiro atoms. The third kappa shape index (κ3) is 3.05. The van der Waals surface area contributed by atoms with E-state index in [-0.39, 0.29) is 0 Å². The monoisotopic (exact) mass is 223 g/mol. The summed E-state index contributed by atoms with van der Waals surface area (Å²) in [5, 5.41) is 12.0. The molecule has 1 aromatic heterocycles. The number of pyridine rings is 1. The summed E-state index contributed by atoms with van der Waals surface area (Å²) in [6.07, 6.45) is 1.85. The van der Waals surface area contributed by atoms with Crippen molar-refractivity contribution in [3.63, 3.8) is 0 Å². The van der Waals surface area contributed by atoms with Gasteiger partial charge in [0.05, 0.1) is 23.9 Å². The summed E-state index contributed by atoms with van der Waals surface area (Å²) in [7, 11) is 0. The second kappa shape index (κ2) is 5.13. The molecule has 0 unspecified atom stereocenters. The molecule has 0 bridgehead atoms. The number of rotatable bonds is 3. The Bertz CT molecular complexity index is 538. The summed E-state index contributed by atoms with van der Waals surface area (Å²) in [4.78, 5) is 4.31. The van der Waals surface area contributed by atoms with Gasteiger partial charge in [0.1, 0.15) is 0 Å². The molecule has 1 heterocycles. The highest BCUT2D eigenvalue weighted by atomic mass is 14.9. The van der Waals surface area contributed by atoms with Gasteiger partial charge in [0.25, 0.3) is 0 Å². The van der Waals surface area contributed by atoms with Crippen LogP contribution < -0.4 is 5.32 Å². The van der Waals surface area contributed by atoms with Gasteiger partial charge in [-0.3, -0.25) is 4.98 Å². The van der Waals surface area contributed by atoms with Crippen molar-refractivity contribution >= 4 is 5.69 Å². The van der Waals surface area contributed by atoms with Crippen molar-refractivity contribution in [2.24, 2.45) is 0 Å². The van der Waals surface area contributed by atoms with Crippen LogP contribution in [0.1, 0.15) is 16.8 Å². The normalized spacial score (nSPS) is 9.65. The fourth-order valence-corrected chi connectivity index (χ4v) is 1.49. The van der Waals surface area contributed by atoms with Crippen LogP contribution >= 0.6 is 0 Å². The molecule has 3 heteroatoms. The molecule has 0 saturated heterocycles. The van der Waals surface area contributed by atoms with E-state index in [0.29, 0.717) is 12.1 Å². The van der Waals surface area contributed by atoms with Crippen molar-refractivity contribution in [3.8, 4) is 6.07 Å². The minimum absolute atomic E-state index is 0.659. The van der Waals surface area contributed by atoms with Crippen LogP contribution in [0.5, 0.6) is 0 Å². The summed E-state index contributed by atoms with van der Waals surface area (Å²) in [5.74, 6) is 0. The molecule has 17 heavy (non-hydrogen) atoms. The number of nitrogens with zero attached hydrogens (tertiary/aromatic N) is 2. The lowest BCUT2D eigenvalue weighted by atomic mass is 10.2. The quantitative estimate of drug-likeness (QED) is 0.870. The maximum atomic E-state index is 8.79. The van der Waals surface area contributed by atoms with Crippen molar-refractivity contribution in [2.45, 2.75) is 13.5 Å². The van der Waals surface area contributed by atoms with Gasteiger partial charge in [0.15, 0.2) is 0 Å². The van der Waals surface area contributed by atoms with Crippen LogP contribution in [0, 0.1) is 18.3 Å². The molecule has 84 valence electrons. The zero-order valence-electron chi connectivity index (χ0n) is 9.64. The van der Waals surface area contributed by atoms with Crippen molar-refractivity contribution in [1.82, 2.24) is 4.98 Å². The fraction of sp³-hybridized carbons (Fsp3) is 0.143. The molecule has 0 atom stereocenters. The Morgan fingerprint density at radius 1 is 1.29 bits per heavy atom. The predicted molar refractivity (Wildman–Crippen MR) is 67.5 cm³/mol. The summed E-state index contributed by atoms with van der Waals surface area (Å²) >= 11 is 0. The summed E-state index contributed by atoms with van der Waals surface area (Å²) in [6, 6.07) is 13.6. The van der Waals surface area contributed by atoms with Crippen LogP contribution in [0.4, 0.5) is 5.69 Å². The molecule has 2 rings (SSSR count). The number of nitrogens with one attached hydrogen (secondary N) is 1. The van der Waals surface area contributed by atoms with Crippen molar-refractivity contribution in [2.75, 3.05) is 5.32 Å². The molecule has 0 amide bonds. The summed E-state index contributed by atoms with van der Waals surface area (Å²) in [6.45, 7) is 2.68. The Kier molecular flexibility index (Phi) is 3.37. The minimum Gasteiger partial charge on any atom is -0.379 e. The maximum absolute atomic E-state index is 8.79. The van der Waals surface area contributed by atoms with E-state index in [2.05, 4.69) is 16.4 Å². The number of nitriles is 1. The van der Waals surface area contributed by atoms with E-state index in [1.54, 1.807) is 6.07 Å². The number of hydrogen-bond acceptors (Lipinski definition) is 3. The van der Waals surface area contributed by atoms with Crippen LogP contribution in [0.2, 0.25) is 0 Å². The summed E-state index contributed by atoms with van der Waals surface area (Å²) in [5.41, 5.74) is 3.73. The van der Waals surface area contributed by atoms with Gasteiger partial charge < -0.3 is 5.32 Å². The molecule has 0 saturated carbocycles. The van der Waals surface area contributed by atoms with E-state index in [1.165, 1.54) is 0 Å². The first-order valence-electron chi connectivity index (χ1n) is 5.43. The molecule has 2 aromatic rings. The number of anilines is 1.